The number of nitrogen functional groups attached to an aromatic ring is 1. The van der Waals surface area contributed by atoms with Crippen molar-refractivity contribution in [1.29, 1.82) is 5.26 Å². The number of esters is 1. The zero-order chi connectivity index (χ0) is 21.1. The van der Waals surface area contributed by atoms with Crippen molar-refractivity contribution in [2.75, 3.05) is 12.3 Å². The van der Waals surface area contributed by atoms with Crippen LogP contribution in [0.5, 0.6) is 0 Å². The quantitative estimate of drug-likeness (QED) is 0.599. The fraction of sp³-hybridized carbons (Fsp3) is 0.600. The first-order chi connectivity index (χ1) is 14.4. The normalized spacial score (nSPS) is 32.5. The summed E-state index contributed by atoms with van der Waals surface area (Å²) < 4.78 is 12.5. The van der Waals surface area contributed by atoms with Gasteiger partial charge in [-0.1, -0.05) is 6.42 Å². The minimum absolute atomic E-state index is 0.122. The molecule has 2 aliphatic carbocycles. The molecular weight excluding hydrogens is 390 g/mol. The van der Waals surface area contributed by atoms with Gasteiger partial charge in [-0.3, -0.25) is 4.79 Å². The molecule has 0 aromatic carbocycles. The molecule has 0 unspecified atom stereocenters. The summed E-state index contributed by atoms with van der Waals surface area (Å²) in [4.78, 5) is 16.2. The summed E-state index contributed by atoms with van der Waals surface area (Å²) in [6, 6.07) is 5.11. The van der Waals surface area contributed by atoms with Gasteiger partial charge in [0.1, 0.15) is 42.8 Å². The Bertz CT molecular complexity index is 1040. The number of nitrogens with two attached hydrogens (primary N) is 1. The van der Waals surface area contributed by atoms with Crippen LogP contribution in [0.15, 0.2) is 18.5 Å². The van der Waals surface area contributed by atoms with Crippen LogP contribution in [-0.4, -0.2) is 55.7 Å². The second-order valence-electron chi connectivity index (χ2n) is 8.69. The van der Waals surface area contributed by atoms with Crippen molar-refractivity contribution in [2.24, 2.45) is 11.3 Å². The van der Waals surface area contributed by atoms with E-state index in [1.54, 1.807) is 12.1 Å². The molecule has 1 spiro atoms. The topological polar surface area (TPSA) is 156 Å². The highest BCUT2D eigenvalue weighted by molar-refractivity contribution is 5.74. The predicted molar refractivity (Wildman–Crippen MR) is 102 cm³/mol. The molecular formula is C20H23N5O5. The SMILES string of the molecule is N#C[C@@]1(c2ccc3c(N)ncnn23)O[C@H](COC(=O)C2CC3(CCC3)C2)[C@@H](O)[C@H]1O. The molecule has 1 saturated heterocycles. The maximum Gasteiger partial charge on any atom is 0.309 e. The molecule has 10 heteroatoms. The van der Waals surface area contributed by atoms with Gasteiger partial charge in [0.05, 0.1) is 11.6 Å². The highest BCUT2D eigenvalue weighted by Gasteiger charge is 2.58. The van der Waals surface area contributed by atoms with Crippen LogP contribution in [0.3, 0.4) is 0 Å². The lowest BCUT2D eigenvalue weighted by Gasteiger charge is -2.53. The van der Waals surface area contributed by atoms with Crippen molar-refractivity contribution in [2.45, 2.75) is 56.0 Å². The minimum atomic E-state index is -1.89. The number of hydrogen-bond acceptors (Lipinski definition) is 9. The number of nitrogens with zero attached hydrogens (tertiary/aromatic N) is 4. The first-order valence-corrected chi connectivity index (χ1v) is 10.1. The zero-order valence-corrected chi connectivity index (χ0v) is 16.3. The third-order valence-corrected chi connectivity index (χ3v) is 6.98. The molecule has 3 heterocycles. The molecule has 158 valence electrons. The second-order valence-corrected chi connectivity index (χ2v) is 8.69. The summed E-state index contributed by atoms with van der Waals surface area (Å²) in [7, 11) is 0. The van der Waals surface area contributed by atoms with Crippen molar-refractivity contribution < 1.29 is 24.5 Å². The average molecular weight is 413 g/mol. The number of carbonyl (C=O) groups excluding carboxylic acids is 1. The average Bonchev–Trinajstić information content (AvgIpc) is 3.20. The van der Waals surface area contributed by atoms with Gasteiger partial charge in [0.2, 0.25) is 5.60 Å². The number of carbonyl (C=O) groups is 1. The van der Waals surface area contributed by atoms with E-state index in [2.05, 4.69) is 10.1 Å². The van der Waals surface area contributed by atoms with E-state index in [0.29, 0.717) is 10.9 Å². The molecule has 10 nitrogen and oxygen atoms in total. The molecule has 2 saturated carbocycles. The van der Waals surface area contributed by atoms with E-state index < -0.39 is 23.9 Å². The van der Waals surface area contributed by atoms with Crippen LogP contribution in [0.4, 0.5) is 5.82 Å². The molecule has 1 aliphatic heterocycles. The van der Waals surface area contributed by atoms with Crippen LogP contribution < -0.4 is 5.73 Å². The van der Waals surface area contributed by atoms with E-state index >= 15 is 0 Å². The second kappa shape index (κ2) is 6.63. The molecule has 0 amide bonds. The number of rotatable bonds is 4. The van der Waals surface area contributed by atoms with Gasteiger partial charge in [0, 0.05) is 0 Å². The van der Waals surface area contributed by atoms with E-state index in [1.807, 2.05) is 6.07 Å². The van der Waals surface area contributed by atoms with Gasteiger partial charge >= 0.3 is 5.97 Å². The number of hydrogen-bond donors (Lipinski definition) is 3. The molecule has 3 fully saturated rings. The Morgan fingerprint density at radius 1 is 1.40 bits per heavy atom. The number of nitriles is 1. The molecule has 0 radical (unpaired) electrons. The number of aliphatic hydroxyl groups excluding tert-OH is 2. The Morgan fingerprint density at radius 2 is 2.17 bits per heavy atom. The molecule has 2 aromatic rings. The van der Waals surface area contributed by atoms with Crippen molar-refractivity contribution in [3.63, 3.8) is 0 Å². The third-order valence-electron chi connectivity index (χ3n) is 6.98. The lowest BCUT2D eigenvalue weighted by Crippen LogP contribution is -2.46. The number of aromatic nitrogens is 3. The number of anilines is 1. The Labute approximate surface area is 172 Å². The maximum absolute atomic E-state index is 12.3. The van der Waals surface area contributed by atoms with E-state index in [4.69, 9.17) is 15.2 Å². The van der Waals surface area contributed by atoms with Gasteiger partial charge in [0.25, 0.3) is 0 Å². The van der Waals surface area contributed by atoms with Gasteiger partial charge in [-0.15, -0.1) is 0 Å². The van der Waals surface area contributed by atoms with Crippen molar-refractivity contribution >= 4 is 17.3 Å². The first-order valence-electron chi connectivity index (χ1n) is 10.1. The van der Waals surface area contributed by atoms with Crippen molar-refractivity contribution in [3.05, 3.63) is 24.2 Å². The monoisotopic (exact) mass is 413 g/mol. The summed E-state index contributed by atoms with van der Waals surface area (Å²) in [6.07, 6.45) is 2.47. The van der Waals surface area contributed by atoms with Crippen LogP contribution in [0, 0.1) is 22.7 Å². The van der Waals surface area contributed by atoms with Crippen LogP contribution in [0.25, 0.3) is 5.52 Å². The molecule has 0 bridgehead atoms. The largest absolute Gasteiger partial charge is 0.463 e. The predicted octanol–water partition coefficient (Wildman–Crippen LogP) is 0.274. The van der Waals surface area contributed by atoms with Crippen LogP contribution in [0.1, 0.15) is 37.8 Å². The lowest BCUT2D eigenvalue weighted by molar-refractivity contribution is -0.167. The van der Waals surface area contributed by atoms with Crippen LogP contribution in [-0.2, 0) is 19.9 Å². The van der Waals surface area contributed by atoms with Crippen LogP contribution in [0.2, 0.25) is 0 Å². The number of ether oxygens (including phenoxy) is 2. The molecule has 4 N–H and O–H groups in total. The molecule has 5 rings (SSSR count). The summed E-state index contributed by atoms with van der Waals surface area (Å²) in [5, 5.41) is 35.2. The fourth-order valence-corrected chi connectivity index (χ4v) is 5.07. The lowest BCUT2D eigenvalue weighted by atomic mass is 9.52. The molecule has 2 aromatic heterocycles. The third kappa shape index (κ3) is 2.62. The maximum atomic E-state index is 12.3. The molecule has 30 heavy (non-hydrogen) atoms. The first kappa shape index (κ1) is 19.2. The van der Waals surface area contributed by atoms with E-state index in [0.717, 1.165) is 12.8 Å². The Balaban J connectivity index is 1.32. The standard InChI is InChI=1S/C20H23N5O5/c21-9-20(14-3-2-12-17(22)23-10-24-25(12)14)16(27)15(26)13(30-20)8-29-18(28)11-6-19(7-11)4-1-5-19/h2-3,10-11,13,15-16,26-27H,1,4-8H2,(H2,22,23,24)/t13-,15-,16-,20+/m1/s1. The number of fused-ring (bicyclic) bond motifs is 1. The van der Waals surface area contributed by atoms with Gasteiger partial charge in [-0.25, -0.2) is 9.50 Å². The Hall–Kier alpha value is -2.74. The van der Waals surface area contributed by atoms with E-state index in [-0.39, 0.29) is 30.0 Å². The Morgan fingerprint density at radius 3 is 2.83 bits per heavy atom. The smallest absolute Gasteiger partial charge is 0.309 e. The van der Waals surface area contributed by atoms with Gasteiger partial charge < -0.3 is 25.4 Å². The van der Waals surface area contributed by atoms with E-state index in [1.165, 1.54) is 30.1 Å². The summed E-state index contributed by atoms with van der Waals surface area (Å²) in [5.74, 6) is -0.239. The zero-order valence-electron chi connectivity index (χ0n) is 16.3. The minimum Gasteiger partial charge on any atom is -0.463 e. The summed E-state index contributed by atoms with van der Waals surface area (Å²) in [6.45, 7) is -0.246. The van der Waals surface area contributed by atoms with E-state index in [9.17, 15) is 20.3 Å². The van der Waals surface area contributed by atoms with Crippen molar-refractivity contribution in [1.82, 2.24) is 14.6 Å². The van der Waals surface area contributed by atoms with Gasteiger partial charge in [-0.05, 0) is 43.2 Å². The fourth-order valence-electron chi connectivity index (χ4n) is 5.07. The van der Waals surface area contributed by atoms with Crippen molar-refractivity contribution in [3.8, 4) is 6.07 Å². The molecule has 3 aliphatic rings. The molecule has 4 atom stereocenters. The summed E-state index contributed by atoms with van der Waals surface area (Å²) >= 11 is 0. The Kier molecular flexibility index (Phi) is 4.25. The van der Waals surface area contributed by atoms with Gasteiger partial charge in [0.15, 0.2) is 5.82 Å². The summed E-state index contributed by atoms with van der Waals surface area (Å²) in [5.41, 5.74) is 4.94. The van der Waals surface area contributed by atoms with Gasteiger partial charge in [-0.2, -0.15) is 10.4 Å². The highest BCUT2D eigenvalue weighted by Crippen LogP contribution is 2.58. The number of aliphatic hydroxyl groups is 2. The highest BCUT2D eigenvalue weighted by atomic mass is 16.6. The van der Waals surface area contributed by atoms with Crippen LogP contribution >= 0.6 is 0 Å².